The Hall–Kier alpha value is -3.02. The van der Waals surface area contributed by atoms with Crippen LogP contribution in [0.5, 0.6) is 0 Å². The first-order chi connectivity index (χ1) is 10.1. The van der Waals surface area contributed by atoms with Crippen molar-refractivity contribution < 1.29 is 14.7 Å². The number of rotatable bonds is 4. The number of aliphatic carboxylic acids is 1. The van der Waals surface area contributed by atoms with Crippen LogP contribution in [0.25, 0.3) is 0 Å². The predicted octanol–water partition coefficient (Wildman–Crippen LogP) is 2.39. The van der Waals surface area contributed by atoms with Crippen molar-refractivity contribution in [1.82, 2.24) is 0 Å². The number of nitrogens with zero attached hydrogens (tertiary/aromatic N) is 1. The molecule has 0 saturated carbocycles. The monoisotopic (exact) mass is 285 g/mol. The normalized spacial score (nSPS) is 9.90. The maximum Gasteiger partial charge on any atom is 0.326 e. The van der Waals surface area contributed by atoms with Crippen LogP contribution in [0.15, 0.2) is 54.6 Å². The molecule has 0 saturated heterocycles. The number of nitrogens with two attached hydrogens (primary N) is 1. The summed E-state index contributed by atoms with van der Waals surface area (Å²) in [5, 5.41) is 11.6. The first-order valence-electron chi connectivity index (χ1n) is 6.28. The topological polar surface area (TPSA) is 95.7 Å². The van der Waals surface area contributed by atoms with Crippen molar-refractivity contribution in [3.05, 3.63) is 54.6 Å². The Morgan fingerprint density at radius 1 is 1.05 bits per heavy atom. The molecule has 4 N–H and O–H groups in total. The van der Waals surface area contributed by atoms with Crippen molar-refractivity contribution >= 4 is 29.1 Å². The molecule has 2 amide bonds. The SMILES string of the molecule is Nc1ccccc1N(CC(=O)O)C(=O)Nc1ccccc1. The van der Waals surface area contributed by atoms with Gasteiger partial charge in [0.2, 0.25) is 0 Å². The summed E-state index contributed by atoms with van der Waals surface area (Å²) in [5.74, 6) is -1.12. The number of para-hydroxylation sites is 3. The van der Waals surface area contributed by atoms with Crippen molar-refractivity contribution in [1.29, 1.82) is 0 Å². The number of hydrogen-bond donors (Lipinski definition) is 3. The van der Waals surface area contributed by atoms with Crippen LogP contribution in [0.1, 0.15) is 0 Å². The Balaban J connectivity index is 2.26. The van der Waals surface area contributed by atoms with E-state index in [1.54, 1.807) is 48.5 Å². The van der Waals surface area contributed by atoms with Crippen molar-refractivity contribution in [2.75, 3.05) is 22.5 Å². The average molecular weight is 285 g/mol. The summed E-state index contributed by atoms with van der Waals surface area (Å²) in [6.07, 6.45) is 0. The van der Waals surface area contributed by atoms with Crippen LogP contribution < -0.4 is 16.0 Å². The molecule has 0 aliphatic rings. The summed E-state index contributed by atoms with van der Waals surface area (Å²) in [4.78, 5) is 24.4. The van der Waals surface area contributed by atoms with Gasteiger partial charge in [0.15, 0.2) is 0 Å². The molecule has 0 aromatic heterocycles. The number of nitrogen functional groups attached to an aromatic ring is 1. The van der Waals surface area contributed by atoms with Gasteiger partial charge in [-0.3, -0.25) is 9.69 Å². The summed E-state index contributed by atoms with van der Waals surface area (Å²) in [7, 11) is 0. The lowest BCUT2D eigenvalue weighted by atomic mass is 10.2. The number of nitrogens with one attached hydrogen (secondary N) is 1. The fourth-order valence-electron chi connectivity index (χ4n) is 1.85. The van der Waals surface area contributed by atoms with Gasteiger partial charge < -0.3 is 16.2 Å². The standard InChI is InChI=1S/C15H15N3O3/c16-12-8-4-5-9-13(12)18(10-14(19)20)15(21)17-11-6-2-1-3-7-11/h1-9H,10,16H2,(H,17,21)(H,19,20). The molecule has 0 atom stereocenters. The Morgan fingerprint density at radius 2 is 1.67 bits per heavy atom. The molecule has 6 nitrogen and oxygen atoms in total. The van der Waals surface area contributed by atoms with Gasteiger partial charge in [0.25, 0.3) is 0 Å². The number of hydrogen-bond acceptors (Lipinski definition) is 3. The van der Waals surface area contributed by atoms with Gasteiger partial charge in [0.1, 0.15) is 6.54 Å². The molecule has 0 heterocycles. The van der Waals surface area contributed by atoms with E-state index in [-0.39, 0.29) is 0 Å². The highest BCUT2D eigenvalue weighted by molar-refractivity contribution is 6.05. The molecule has 21 heavy (non-hydrogen) atoms. The van der Waals surface area contributed by atoms with E-state index >= 15 is 0 Å². The van der Waals surface area contributed by atoms with Crippen LogP contribution >= 0.6 is 0 Å². The second-order valence-corrected chi connectivity index (χ2v) is 4.33. The van der Waals surface area contributed by atoms with Crippen molar-refractivity contribution in [3.8, 4) is 0 Å². The number of amides is 2. The predicted molar refractivity (Wildman–Crippen MR) is 81.3 cm³/mol. The van der Waals surface area contributed by atoms with Gasteiger partial charge in [-0.1, -0.05) is 30.3 Å². The van der Waals surface area contributed by atoms with Crippen LogP contribution in [0.3, 0.4) is 0 Å². The summed E-state index contributed by atoms with van der Waals surface area (Å²) in [5.41, 5.74) is 7.08. The van der Waals surface area contributed by atoms with E-state index < -0.39 is 18.5 Å². The minimum atomic E-state index is -1.12. The zero-order chi connectivity index (χ0) is 15.2. The second kappa shape index (κ2) is 6.42. The highest BCUT2D eigenvalue weighted by Gasteiger charge is 2.20. The molecule has 0 unspecified atom stereocenters. The fraction of sp³-hybridized carbons (Fsp3) is 0.0667. The first-order valence-corrected chi connectivity index (χ1v) is 6.28. The summed E-state index contributed by atoms with van der Waals surface area (Å²) < 4.78 is 0. The van der Waals surface area contributed by atoms with Gasteiger partial charge in [-0.2, -0.15) is 0 Å². The van der Waals surface area contributed by atoms with E-state index in [0.717, 1.165) is 4.90 Å². The third-order valence-corrected chi connectivity index (χ3v) is 2.79. The van der Waals surface area contributed by atoms with E-state index in [9.17, 15) is 9.59 Å². The van der Waals surface area contributed by atoms with Gasteiger partial charge in [-0.25, -0.2) is 4.79 Å². The Bertz CT molecular complexity index is 644. The van der Waals surface area contributed by atoms with Crippen molar-refractivity contribution in [2.45, 2.75) is 0 Å². The third-order valence-electron chi connectivity index (χ3n) is 2.79. The maximum atomic E-state index is 12.3. The maximum absolute atomic E-state index is 12.3. The number of urea groups is 1. The number of benzene rings is 2. The summed E-state index contributed by atoms with van der Waals surface area (Å²) in [6, 6.07) is 14.9. The van der Waals surface area contributed by atoms with Crippen molar-refractivity contribution in [3.63, 3.8) is 0 Å². The summed E-state index contributed by atoms with van der Waals surface area (Å²) >= 11 is 0. The quantitative estimate of drug-likeness (QED) is 0.751. The highest BCUT2D eigenvalue weighted by atomic mass is 16.4. The molecular formula is C15H15N3O3. The van der Waals surface area contributed by atoms with Crippen LogP contribution in [0, 0.1) is 0 Å². The van der Waals surface area contributed by atoms with E-state index in [2.05, 4.69) is 5.32 Å². The largest absolute Gasteiger partial charge is 0.480 e. The minimum absolute atomic E-state index is 0.335. The molecule has 0 aliphatic heterocycles. The van der Waals surface area contributed by atoms with Crippen molar-refractivity contribution in [2.24, 2.45) is 0 Å². The van der Waals surface area contributed by atoms with Gasteiger partial charge in [0, 0.05) is 5.69 Å². The molecule has 2 rings (SSSR count). The molecule has 0 fully saturated rings. The molecule has 0 radical (unpaired) electrons. The van der Waals surface area contributed by atoms with E-state index in [4.69, 9.17) is 10.8 Å². The van der Waals surface area contributed by atoms with Gasteiger partial charge >= 0.3 is 12.0 Å². The molecule has 0 aliphatic carbocycles. The highest BCUT2D eigenvalue weighted by Crippen LogP contribution is 2.23. The lowest BCUT2D eigenvalue weighted by Gasteiger charge is -2.22. The molecular weight excluding hydrogens is 270 g/mol. The average Bonchev–Trinajstić information content (AvgIpc) is 2.46. The molecule has 0 bridgehead atoms. The summed E-state index contributed by atoms with van der Waals surface area (Å²) in [6.45, 7) is -0.479. The zero-order valence-corrected chi connectivity index (χ0v) is 11.2. The first kappa shape index (κ1) is 14.4. The molecule has 2 aromatic rings. The Morgan fingerprint density at radius 3 is 2.29 bits per heavy atom. The molecule has 0 spiro atoms. The van der Waals surface area contributed by atoms with Gasteiger partial charge in [-0.15, -0.1) is 0 Å². The van der Waals surface area contributed by atoms with Crippen LogP contribution in [-0.2, 0) is 4.79 Å². The van der Waals surface area contributed by atoms with Gasteiger partial charge in [0.05, 0.1) is 11.4 Å². The van der Waals surface area contributed by atoms with Crippen LogP contribution in [0.2, 0.25) is 0 Å². The third kappa shape index (κ3) is 3.73. The number of carbonyl (C=O) groups excluding carboxylic acids is 1. The Labute approximate surface area is 121 Å². The van der Waals surface area contributed by atoms with Crippen LogP contribution in [0.4, 0.5) is 21.9 Å². The minimum Gasteiger partial charge on any atom is -0.480 e. The number of anilines is 3. The molecule has 108 valence electrons. The molecule has 6 heteroatoms. The zero-order valence-electron chi connectivity index (χ0n) is 11.2. The van der Waals surface area contributed by atoms with E-state index in [1.807, 2.05) is 6.07 Å². The van der Waals surface area contributed by atoms with E-state index in [1.165, 1.54) is 0 Å². The smallest absolute Gasteiger partial charge is 0.326 e. The lowest BCUT2D eigenvalue weighted by molar-refractivity contribution is -0.135. The fourth-order valence-corrected chi connectivity index (χ4v) is 1.85. The molecule has 2 aromatic carbocycles. The lowest BCUT2D eigenvalue weighted by Crippen LogP contribution is -2.39. The number of carboxylic acid groups (broad SMARTS) is 1. The number of carboxylic acids is 1. The van der Waals surface area contributed by atoms with Gasteiger partial charge in [-0.05, 0) is 24.3 Å². The second-order valence-electron chi connectivity index (χ2n) is 4.33. The number of carbonyl (C=O) groups is 2. The van der Waals surface area contributed by atoms with E-state index in [0.29, 0.717) is 17.1 Å². The van der Waals surface area contributed by atoms with Crippen LogP contribution in [-0.4, -0.2) is 23.7 Å². The Kier molecular flexibility index (Phi) is 4.40.